The molecule has 1 saturated carbocycles. The lowest BCUT2D eigenvalue weighted by Gasteiger charge is -2.37. The van der Waals surface area contributed by atoms with Crippen LogP contribution in [0, 0.1) is 0 Å². The van der Waals surface area contributed by atoms with Crippen LogP contribution in [-0.2, 0) is 9.59 Å². The Morgan fingerprint density at radius 2 is 2.06 bits per heavy atom. The molecule has 1 aliphatic carbocycles. The Balaban J connectivity index is 2.01. The van der Waals surface area contributed by atoms with Gasteiger partial charge in [0.25, 0.3) is 0 Å². The molecule has 0 aromatic rings. The summed E-state index contributed by atoms with van der Waals surface area (Å²) in [5.41, 5.74) is -0.576. The van der Waals surface area contributed by atoms with Gasteiger partial charge in [-0.05, 0) is 31.3 Å². The van der Waals surface area contributed by atoms with Crippen molar-refractivity contribution in [3.63, 3.8) is 0 Å². The number of carbonyl (C=O) groups excluding carboxylic acids is 2. The van der Waals surface area contributed by atoms with Gasteiger partial charge in [0.1, 0.15) is 11.6 Å². The third-order valence-corrected chi connectivity index (χ3v) is 4.13. The van der Waals surface area contributed by atoms with Crippen LogP contribution >= 0.6 is 11.8 Å². The molecule has 5 heteroatoms. The van der Waals surface area contributed by atoms with E-state index in [1.165, 1.54) is 0 Å². The normalized spacial score (nSPS) is 27.9. The minimum atomic E-state index is -0.576. The van der Waals surface area contributed by atoms with E-state index in [0.717, 1.165) is 37.9 Å². The fourth-order valence-corrected chi connectivity index (χ4v) is 2.98. The monoisotopic (exact) mass is 242 g/mol. The van der Waals surface area contributed by atoms with Gasteiger partial charge < -0.3 is 10.6 Å². The zero-order valence-corrected chi connectivity index (χ0v) is 10.4. The Morgan fingerprint density at radius 3 is 2.69 bits per heavy atom. The molecule has 0 unspecified atom stereocenters. The standard InChI is InChI=1S/C11H18N2O2S/c1-16-7-4-8-9(14)13-11(10(15)12-8)5-2-3-6-11/h8H,2-7H2,1H3,(H,12,15)(H,13,14)/t8-/m0/s1. The van der Waals surface area contributed by atoms with Gasteiger partial charge in [0, 0.05) is 0 Å². The topological polar surface area (TPSA) is 58.2 Å². The van der Waals surface area contributed by atoms with Crippen LogP contribution in [-0.4, -0.2) is 35.4 Å². The fraction of sp³-hybridized carbons (Fsp3) is 0.818. The van der Waals surface area contributed by atoms with Crippen LogP contribution in [0.15, 0.2) is 0 Å². The summed E-state index contributed by atoms with van der Waals surface area (Å²) in [4.78, 5) is 23.9. The van der Waals surface area contributed by atoms with Crippen molar-refractivity contribution in [2.45, 2.75) is 43.7 Å². The fourth-order valence-electron chi connectivity index (χ4n) is 2.51. The lowest BCUT2D eigenvalue weighted by molar-refractivity contribution is -0.141. The van der Waals surface area contributed by atoms with Crippen molar-refractivity contribution in [3.05, 3.63) is 0 Å². The Hall–Kier alpha value is -0.710. The first-order valence-electron chi connectivity index (χ1n) is 5.80. The summed E-state index contributed by atoms with van der Waals surface area (Å²) in [6.07, 6.45) is 6.36. The van der Waals surface area contributed by atoms with Crippen LogP contribution in [0.2, 0.25) is 0 Å². The molecule has 1 aliphatic heterocycles. The third kappa shape index (κ3) is 2.05. The van der Waals surface area contributed by atoms with Gasteiger partial charge in [0.2, 0.25) is 11.8 Å². The molecule has 0 aromatic heterocycles. The summed E-state index contributed by atoms with van der Waals surface area (Å²) >= 11 is 1.69. The molecule has 2 N–H and O–H groups in total. The average molecular weight is 242 g/mol. The highest BCUT2D eigenvalue weighted by Gasteiger charge is 2.47. The first kappa shape index (κ1) is 11.8. The van der Waals surface area contributed by atoms with Crippen LogP contribution in [0.3, 0.4) is 0 Å². The van der Waals surface area contributed by atoms with E-state index in [-0.39, 0.29) is 17.9 Å². The van der Waals surface area contributed by atoms with Gasteiger partial charge in [-0.3, -0.25) is 9.59 Å². The van der Waals surface area contributed by atoms with Crippen LogP contribution in [0.4, 0.5) is 0 Å². The van der Waals surface area contributed by atoms with Crippen molar-refractivity contribution in [1.82, 2.24) is 10.6 Å². The minimum absolute atomic E-state index is 0.00412. The number of amides is 2. The van der Waals surface area contributed by atoms with Crippen LogP contribution in [0.1, 0.15) is 32.1 Å². The molecule has 1 spiro atoms. The maximum atomic E-state index is 12.0. The first-order valence-corrected chi connectivity index (χ1v) is 7.19. The average Bonchev–Trinajstić information content (AvgIpc) is 2.71. The molecule has 4 nitrogen and oxygen atoms in total. The van der Waals surface area contributed by atoms with E-state index in [1.54, 1.807) is 11.8 Å². The Kier molecular flexibility index (Phi) is 3.42. The second kappa shape index (κ2) is 4.65. The molecule has 1 saturated heterocycles. The summed E-state index contributed by atoms with van der Waals surface area (Å²) in [7, 11) is 0. The van der Waals surface area contributed by atoms with Crippen molar-refractivity contribution in [2.24, 2.45) is 0 Å². The molecule has 2 aliphatic rings. The Bertz CT molecular complexity index is 300. The number of rotatable bonds is 3. The van der Waals surface area contributed by atoms with Gasteiger partial charge in [-0.25, -0.2) is 0 Å². The number of hydrogen-bond acceptors (Lipinski definition) is 3. The highest BCUT2D eigenvalue weighted by Crippen LogP contribution is 2.31. The van der Waals surface area contributed by atoms with Gasteiger partial charge in [-0.15, -0.1) is 0 Å². The predicted octanol–water partition coefficient (Wildman–Crippen LogP) is 0.667. The summed E-state index contributed by atoms with van der Waals surface area (Å²) in [5.74, 6) is 0.914. The van der Waals surface area contributed by atoms with E-state index < -0.39 is 5.54 Å². The maximum Gasteiger partial charge on any atom is 0.246 e. The number of hydrogen-bond donors (Lipinski definition) is 2. The van der Waals surface area contributed by atoms with Gasteiger partial charge in [0.15, 0.2) is 0 Å². The summed E-state index contributed by atoms with van der Waals surface area (Å²) in [6.45, 7) is 0. The van der Waals surface area contributed by atoms with E-state index in [0.29, 0.717) is 0 Å². The van der Waals surface area contributed by atoms with Crippen molar-refractivity contribution < 1.29 is 9.59 Å². The number of piperazine rings is 1. The van der Waals surface area contributed by atoms with Crippen LogP contribution in [0.5, 0.6) is 0 Å². The molecular weight excluding hydrogens is 224 g/mol. The second-order valence-electron chi connectivity index (χ2n) is 4.59. The molecular formula is C11H18N2O2S. The van der Waals surface area contributed by atoms with Crippen molar-refractivity contribution in [1.29, 1.82) is 0 Å². The lowest BCUT2D eigenvalue weighted by Crippen LogP contribution is -2.68. The molecule has 2 rings (SSSR count). The molecule has 0 aromatic carbocycles. The van der Waals surface area contributed by atoms with Crippen LogP contribution < -0.4 is 10.6 Å². The van der Waals surface area contributed by atoms with Gasteiger partial charge in [0.05, 0.1) is 0 Å². The Labute approximate surface area is 99.9 Å². The van der Waals surface area contributed by atoms with E-state index in [2.05, 4.69) is 10.6 Å². The summed E-state index contributed by atoms with van der Waals surface area (Å²) < 4.78 is 0. The molecule has 1 atom stereocenters. The largest absolute Gasteiger partial charge is 0.342 e. The quantitative estimate of drug-likeness (QED) is 0.764. The Morgan fingerprint density at radius 1 is 1.38 bits per heavy atom. The lowest BCUT2D eigenvalue weighted by atomic mass is 9.92. The predicted molar refractivity (Wildman–Crippen MR) is 64.3 cm³/mol. The van der Waals surface area contributed by atoms with Gasteiger partial charge in [-0.2, -0.15) is 11.8 Å². The highest BCUT2D eigenvalue weighted by molar-refractivity contribution is 7.98. The first-order chi connectivity index (χ1) is 7.68. The van der Waals surface area contributed by atoms with E-state index in [9.17, 15) is 9.59 Å². The molecule has 90 valence electrons. The number of thioether (sulfide) groups is 1. The molecule has 0 radical (unpaired) electrons. The van der Waals surface area contributed by atoms with Crippen LogP contribution in [0.25, 0.3) is 0 Å². The maximum absolute atomic E-state index is 12.0. The van der Waals surface area contributed by atoms with E-state index in [4.69, 9.17) is 0 Å². The smallest absolute Gasteiger partial charge is 0.246 e. The second-order valence-corrected chi connectivity index (χ2v) is 5.57. The molecule has 0 bridgehead atoms. The highest BCUT2D eigenvalue weighted by atomic mass is 32.2. The summed E-state index contributed by atoms with van der Waals surface area (Å²) in [5, 5.41) is 5.81. The van der Waals surface area contributed by atoms with Crippen molar-refractivity contribution in [3.8, 4) is 0 Å². The van der Waals surface area contributed by atoms with E-state index >= 15 is 0 Å². The summed E-state index contributed by atoms with van der Waals surface area (Å²) in [6, 6.07) is -0.328. The zero-order valence-electron chi connectivity index (χ0n) is 9.54. The molecule has 2 fully saturated rings. The van der Waals surface area contributed by atoms with Gasteiger partial charge in [-0.1, -0.05) is 12.8 Å². The minimum Gasteiger partial charge on any atom is -0.342 e. The number of nitrogens with one attached hydrogen (secondary N) is 2. The van der Waals surface area contributed by atoms with Crippen molar-refractivity contribution in [2.75, 3.05) is 12.0 Å². The SMILES string of the molecule is CSCC[C@@H]1NC(=O)C2(CCCC2)NC1=O. The zero-order chi connectivity index (χ0) is 11.6. The van der Waals surface area contributed by atoms with Crippen molar-refractivity contribution >= 4 is 23.6 Å². The third-order valence-electron chi connectivity index (χ3n) is 3.49. The molecule has 16 heavy (non-hydrogen) atoms. The van der Waals surface area contributed by atoms with E-state index in [1.807, 2.05) is 6.26 Å². The van der Waals surface area contributed by atoms with Gasteiger partial charge >= 0.3 is 0 Å². The number of carbonyl (C=O) groups is 2. The molecule has 2 amide bonds. The molecule has 1 heterocycles.